The van der Waals surface area contributed by atoms with Crippen molar-refractivity contribution in [3.05, 3.63) is 57.1 Å². The summed E-state index contributed by atoms with van der Waals surface area (Å²) in [5, 5.41) is 13.4. The highest BCUT2D eigenvalue weighted by Gasteiger charge is 2.10. The number of anilines is 1. The quantitative estimate of drug-likeness (QED) is 0.603. The van der Waals surface area contributed by atoms with E-state index in [1.807, 2.05) is 6.07 Å². The number of ether oxygens (including phenoxy) is 1. The molecule has 0 unspecified atom stereocenters. The van der Waals surface area contributed by atoms with E-state index >= 15 is 0 Å². The molecule has 0 spiro atoms. The fraction of sp³-hybridized carbons (Fsp3) is 0.0625. The van der Waals surface area contributed by atoms with Crippen LogP contribution in [0.5, 0.6) is 0 Å². The highest BCUT2D eigenvalue weighted by Crippen LogP contribution is 2.21. The van der Waals surface area contributed by atoms with Gasteiger partial charge in [-0.25, -0.2) is 9.18 Å². The monoisotopic (exact) mass is 408 g/mol. The Labute approximate surface area is 149 Å². The van der Waals surface area contributed by atoms with Crippen molar-refractivity contribution in [2.45, 2.75) is 0 Å². The Morgan fingerprint density at radius 2 is 2.21 bits per heavy atom. The number of rotatable bonds is 5. The van der Waals surface area contributed by atoms with E-state index < -0.39 is 24.3 Å². The number of halogens is 2. The fourth-order valence-electron chi connectivity index (χ4n) is 1.64. The molecular formula is C16H10BrFN2O3S. The number of hydrogen-bond donors (Lipinski definition) is 1. The lowest BCUT2D eigenvalue weighted by molar-refractivity contribution is -0.142. The first kappa shape index (κ1) is 17.8. The van der Waals surface area contributed by atoms with Gasteiger partial charge in [0.15, 0.2) is 6.61 Å². The predicted octanol–water partition coefficient (Wildman–Crippen LogP) is 3.72. The Hall–Kier alpha value is -2.50. The topological polar surface area (TPSA) is 79.2 Å². The van der Waals surface area contributed by atoms with Gasteiger partial charge in [0.2, 0.25) is 0 Å². The van der Waals surface area contributed by atoms with Crippen LogP contribution in [0.2, 0.25) is 0 Å². The molecule has 0 saturated carbocycles. The Morgan fingerprint density at radius 1 is 1.42 bits per heavy atom. The van der Waals surface area contributed by atoms with Crippen molar-refractivity contribution < 1.29 is 18.7 Å². The molecule has 0 aliphatic heterocycles. The van der Waals surface area contributed by atoms with Crippen molar-refractivity contribution in [2.75, 3.05) is 11.9 Å². The molecule has 1 amide bonds. The summed E-state index contributed by atoms with van der Waals surface area (Å²) >= 11 is 4.39. The van der Waals surface area contributed by atoms with Gasteiger partial charge in [-0.1, -0.05) is 15.9 Å². The van der Waals surface area contributed by atoms with Crippen LogP contribution in [0, 0.1) is 17.1 Å². The van der Waals surface area contributed by atoms with Gasteiger partial charge in [0.25, 0.3) is 5.91 Å². The van der Waals surface area contributed by atoms with Crippen molar-refractivity contribution in [2.24, 2.45) is 0 Å². The summed E-state index contributed by atoms with van der Waals surface area (Å²) in [5.41, 5.74) is 0.549. The van der Waals surface area contributed by atoms with Crippen molar-refractivity contribution in [3.8, 4) is 6.07 Å². The number of nitrogens with zero attached hydrogens (tertiary/aromatic N) is 1. The lowest BCUT2D eigenvalue weighted by Gasteiger charge is -2.03. The summed E-state index contributed by atoms with van der Waals surface area (Å²) in [7, 11) is 0. The van der Waals surface area contributed by atoms with Gasteiger partial charge in [-0.15, -0.1) is 11.3 Å². The van der Waals surface area contributed by atoms with Crippen LogP contribution in [0.25, 0.3) is 6.08 Å². The van der Waals surface area contributed by atoms with Crippen LogP contribution >= 0.6 is 27.3 Å². The molecule has 0 bridgehead atoms. The molecule has 8 heteroatoms. The van der Waals surface area contributed by atoms with Gasteiger partial charge in [-0.05, 0) is 35.7 Å². The minimum absolute atomic E-state index is 0.211. The van der Waals surface area contributed by atoms with Crippen LogP contribution < -0.4 is 5.32 Å². The summed E-state index contributed by atoms with van der Waals surface area (Å²) < 4.78 is 18.9. The SMILES string of the molecule is N#Cc1ccsc1NC(=O)COC(=O)/C=C/c1cc(Br)ccc1F. The summed E-state index contributed by atoms with van der Waals surface area (Å²) in [6.07, 6.45) is 2.29. The molecule has 5 nitrogen and oxygen atoms in total. The highest BCUT2D eigenvalue weighted by molar-refractivity contribution is 9.10. The zero-order valence-electron chi connectivity index (χ0n) is 12.1. The number of nitrogens with one attached hydrogen (secondary N) is 1. The lowest BCUT2D eigenvalue weighted by Crippen LogP contribution is -2.20. The van der Waals surface area contributed by atoms with E-state index in [-0.39, 0.29) is 5.56 Å². The van der Waals surface area contributed by atoms with Gasteiger partial charge in [-0.3, -0.25) is 4.79 Å². The van der Waals surface area contributed by atoms with Crippen LogP contribution in [-0.2, 0) is 14.3 Å². The van der Waals surface area contributed by atoms with Crippen LogP contribution in [0.3, 0.4) is 0 Å². The molecule has 0 fully saturated rings. The number of nitriles is 1. The van der Waals surface area contributed by atoms with E-state index in [1.165, 1.54) is 35.6 Å². The molecule has 0 atom stereocenters. The summed E-state index contributed by atoms with van der Waals surface area (Å²) in [6.45, 7) is -0.507. The van der Waals surface area contributed by atoms with Crippen molar-refractivity contribution in [1.29, 1.82) is 5.26 Å². The van der Waals surface area contributed by atoms with Gasteiger partial charge in [-0.2, -0.15) is 5.26 Å². The lowest BCUT2D eigenvalue weighted by atomic mass is 10.2. The fourth-order valence-corrected chi connectivity index (χ4v) is 2.77. The van der Waals surface area contributed by atoms with Crippen LogP contribution in [-0.4, -0.2) is 18.5 Å². The maximum atomic E-state index is 13.5. The molecule has 1 aromatic heterocycles. The van der Waals surface area contributed by atoms with Crippen LogP contribution in [0.1, 0.15) is 11.1 Å². The summed E-state index contributed by atoms with van der Waals surface area (Å²) in [4.78, 5) is 23.2. The molecule has 0 saturated heterocycles. The second-order valence-electron chi connectivity index (χ2n) is 4.43. The van der Waals surface area contributed by atoms with E-state index in [4.69, 9.17) is 10.00 Å². The number of esters is 1. The largest absolute Gasteiger partial charge is 0.452 e. The average molecular weight is 409 g/mol. The second kappa shape index (κ2) is 8.38. The Bertz CT molecular complexity index is 842. The molecule has 0 aliphatic rings. The summed E-state index contributed by atoms with van der Waals surface area (Å²) in [5.74, 6) is -1.83. The third kappa shape index (κ3) is 5.01. The maximum Gasteiger partial charge on any atom is 0.331 e. The number of carbonyl (C=O) groups excluding carboxylic acids is 2. The van der Waals surface area contributed by atoms with Gasteiger partial charge < -0.3 is 10.1 Å². The van der Waals surface area contributed by atoms with Crippen molar-refractivity contribution in [1.82, 2.24) is 0 Å². The molecular weight excluding hydrogens is 399 g/mol. The van der Waals surface area contributed by atoms with E-state index in [0.717, 1.165) is 6.08 Å². The Morgan fingerprint density at radius 3 is 2.96 bits per heavy atom. The molecule has 2 rings (SSSR count). The predicted molar refractivity (Wildman–Crippen MR) is 91.8 cm³/mol. The number of amides is 1. The van der Waals surface area contributed by atoms with Gasteiger partial charge >= 0.3 is 5.97 Å². The van der Waals surface area contributed by atoms with Crippen molar-refractivity contribution in [3.63, 3.8) is 0 Å². The second-order valence-corrected chi connectivity index (χ2v) is 6.26. The number of hydrogen-bond acceptors (Lipinski definition) is 5. The van der Waals surface area contributed by atoms with E-state index in [1.54, 1.807) is 11.4 Å². The van der Waals surface area contributed by atoms with E-state index in [0.29, 0.717) is 15.0 Å². The molecule has 122 valence electrons. The third-order valence-electron chi connectivity index (χ3n) is 2.74. The zero-order chi connectivity index (χ0) is 17.5. The number of carbonyl (C=O) groups is 2. The summed E-state index contributed by atoms with van der Waals surface area (Å²) in [6, 6.07) is 7.81. The molecule has 0 aliphatic carbocycles. The zero-order valence-corrected chi connectivity index (χ0v) is 14.5. The number of benzene rings is 1. The molecule has 2 aromatic rings. The van der Waals surface area contributed by atoms with E-state index in [9.17, 15) is 14.0 Å². The molecule has 24 heavy (non-hydrogen) atoms. The molecule has 1 N–H and O–H groups in total. The first-order valence-electron chi connectivity index (χ1n) is 6.57. The first-order valence-corrected chi connectivity index (χ1v) is 8.24. The maximum absolute atomic E-state index is 13.5. The normalized spacial score (nSPS) is 10.4. The highest BCUT2D eigenvalue weighted by atomic mass is 79.9. The van der Waals surface area contributed by atoms with Crippen molar-refractivity contribution >= 4 is 50.2 Å². The first-order chi connectivity index (χ1) is 11.5. The van der Waals surface area contributed by atoms with Gasteiger partial charge in [0.1, 0.15) is 16.9 Å². The van der Waals surface area contributed by atoms with Crippen LogP contribution in [0.4, 0.5) is 9.39 Å². The standard InChI is InChI=1S/C16H10BrFN2O3S/c17-12-2-3-13(18)10(7-12)1-4-15(22)23-9-14(21)20-16-11(8-19)5-6-24-16/h1-7H,9H2,(H,20,21)/b4-1+. The molecule has 1 aromatic carbocycles. The molecule has 1 heterocycles. The Kier molecular flexibility index (Phi) is 6.23. The Balaban J connectivity index is 1.87. The average Bonchev–Trinajstić information content (AvgIpc) is 3.00. The minimum atomic E-state index is -0.781. The van der Waals surface area contributed by atoms with Crippen LogP contribution in [0.15, 0.2) is 40.2 Å². The number of thiophene rings is 1. The van der Waals surface area contributed by atoms with Gasteiger partial charge in [0, 0.05) is 16.1 Å². The third-order valence-corrected chi connectivity index (χ3v) is 4.06. The van der Waals surface area contributed by atoms with E-state index in [2.05, 4.69) is 21.2 Å². The van der Waals surface area contributed by atoms with Gasteiger partial charge in [0.05, 0.1) is 5.56 Å². The minimum Gasteiger partial charge on any atom is -0.452 e. The molecule has 0 radical (unpaired) electrons. The smallest absolute Gasteiger partial charge is 0.331 e.